The molecule has 146 valence electrons. The summed E-state index contributed by atoms with van der Waals surface area (Å²) >= 11 is 1.61. The monoisotopic (exact) mass is 397 g/mol. The molecule has 1 aliphatic heterocycles. The summed E-state index contributed by atoms with van der Waals surface area (Å²) in [7, 11) is 0. The van der Waals surface area contributed by atoms with Gasteiger partial charge in [-0.15, -0.1) is 11.3 Å². The number of benzene rings is 1. The summed E-state index contributed by atoms with van der Waals surface area (Å²) in [6.07, 6.45) is 2.32. The van der Waals surface area contributed by atoms with E-state index in [1.54, 1.807) is 11.3 Å². The van der Waals surface area contributed by atoms with Gasteiger partial charge in [0.25, 0.3) is 5.91 Å². The molecule has 0 bridgehead atoms. The maximum atomic E-state index is 13.2. The lowest BCUT2D eigenvalue weighted by Crippen LogP contribution is -2.46. The van der Waals surface area contributed by atoms with Crippen LogP contribution in [0.4, 0.5) is 10.5 Å². The lowest BCUT2D eigenvalue weighted by Gasteiger charge is -2.31. The number of rotatable bonds is 3. The smallest absolute Gasteiger partial charge is 0.324 e. The molecule has 1 aliphatic carbocycles. The van der Waals surface area contributed by atoms with Gasteiger partial charge in [0, 0.05) is 16.1 Å². The summed E-state index contributed by atoms with van der Waals surface area (Å²) in [6, 6.07) is 5.40. The SMILES string of the molecule is Cc1cc(C)c(NC(=O)CN2C(=O)N[C@]3(CCCc4sccc43)C2=O)c(C)c1. The number of imide groups is 1. The molecule has 0 radical (unpaired) electrons. The summed E-state index contributed by atoms with van der Waals surface area (Å²) in [5.41, 5.74) is 3.63. The van der Waals surface area contributed by atoms with E-state index in [0.29, 0.717) is 6.42 Å². The van der Waals surface area contributed by atoms with E-state index in [1.807, 2.05) is 44.4 Å². The van der Waals surface area contributed by atoms with Gasteiger partial charge in [0.1, 0.15) is 12.1 Å². The summed E-state index contributed by atoms with van der Waals surface area (Å²) in [4.78, 5) is 40.6. The number of anilines is 1. The van der Waals surface area contributed by atoms with Gasteiger partial charge in [0.15, 0.2) is 0 Å². The molecule has 7 heteroatoms. The third-order valence-corrected chi connectivity index (χ3v) is 6.56. The van der Waals surface area contributed by atoms with Gasteiger partial charge in [-0.1, -0.05) is 17.7 Å². The van der Waals surface area contributed by atoms with Crippen LogP contribution < -0.4 is 10.6 Å². The molecule has 4 amide bonds. The van der Waals surface area contributed by atoms with E-state index < -0.39 is 11.6 Å². The fourth-order valence-corrected chi connectivity index (χ4v) is 5.38. The standard InChI is InChI=1S/C21H23N3O3S/c1-12-9-13(2)18(14(3)10-12)22-17(25)11-24-19(26)21(23-20(24)27)7-4-5-16-15(21)6-8-28-16/h6,8-10H,4-5,7,11H2,1-3H3,(H,22,25)(H,23,27)/t21-/m0/s1. The minimum Gasteiger partial charge on any atom is -0.324 e. The molecule has 4 rings (SSSR count). The van der Waals surface area contributed by atoms with Crippen molar-refractivity contribution in [3.63, 3.8) is 0 Å². The third-order valence-electron chi connectivity index (χ3n) is 5.58. The van der Waals surface area contributed by atoms with Gasteiger partial charge in [-0.05, 0) is 62.6 Å². The fraction of sp³-hybridized carbons (Fsp3) is 0.381. The first-order chi connectivity index (χ1) is 13.3. The molecule has 2 aromatic rings. The molecule has 1 saturated heterocycles. The highest BCUT2D eigenvalue weighted by Crippen LogP contribution is 2.42. The van der Waals surface area contributed by atoms with Crippen LogP contribution in [0.15, 0.2) is 23.6 Å². The highest BCUT2D eigenvalue weighted by Gasteiger charge is 2.54. The lowest BCUT2D eigenvalue weighted by molar-refractivity contribution is -0.134. The number of hydrogen-bond acceptors (Lipinski definition) is 4. The lowest BCUT2D eigenvalue weighted by atomic mass is 9.80. The molecule has 2 N–H and O–H groups in total. The topological polar surface area (TPSA) is 78.5 Å². The van der Waals surface area contributed by atoms with Crippen molar-refractivity contribution < 1.29 is 14.4 Å². The van der Waals surface area contributed by atoms with Gasteiger partial charge in [0.2, 0.25) is 5.91 Å². The molecule has 2 heterocycles. The van der Waals surface area contributed by atoms with Crippen molar-refractivity contribution in [1.29, 1.82) is 0 Å². The minimum absolute atomic E-state index is 0.293. The molecule has 0 saturated carbocycles. The second-order valence-electron chi connectivity index (χ2n) is 7.66. The largest absolute Gasteiger partial charge is 0.325 e. The number of hydrogen-bond donors (Lipinski definition) is 2. The van der Waals surface area contributed by atoms with E-state index in [1.165, 1.54) is 0 Å². The van der Waals surface area contributed by atoms with Crippen LogP contribution in [0.25, 0.3) is 0 Å². The van der Waals surface area contributed by atoms with E-state index in [9.17, 15) is 14.4 Å². The zero-order chi connectivity index (χ0) is 20.1. The normalized spacial score (nSPS) is 21.0. The fourth-order valence-electron chi connectivity index (χ4n) is 4.38. The van der Waals surface area contributed by atoms with Crippen molar-refractivity contribution in [2.45, 2.75) is 45.6 Å². The number of urea groups is 1. The van der Waals surface area contributed by atoms with Crippen molar-refractivity contribution in [2.24, 2.45) is 0 Å². The number of amides is 4. The van der Waals surface area contributed by atoms with Crippen LogP contribution in [-0.2, 0) is 21.5 Å². The maximum Gasteiger partial charge on any atom is 0.325 e. The first-order valence-electron chi connectivity index (χ1n) is 9.40. The summed E-state index contributed by atoms with van der Waals surface area (Å²) in [5.74, 6) is -0.707. The number of carbonyl (C=O) groups is 3. The van der Waals surface area contributed by atoms with E-state index in [2.05, 4.69) is 10.6 Å². The second-order valence-corrected chi connectivity index (χ2v) is 8.66. The maximum absolute atomic E-state index is 13.2. The first kappa shape index (κ1) is 18.7. The van der Waals surface area contributed by atoms with E-state index in [0.717, 1.165) is 50.6 Å². The second kappa shape index (κ2) is 6.74. The third kappa shape index (κ3) is 2.90. The van der Waals surface area contributed by atoms with Crippen molar-refractivity contribution in [3.8, 4) is 0 Å². The average Bonchev–Trinajstić information content (AvgIpc) is 3.19. The van der Waals surface area contributed by atoms with E-state index in [4.69, 9.17) is 0 Å². The number of fused-ring (bicyclic) bond motifs is 2. The van der Waals surface area contributed by atoms with Gasteiger partial charge < -0.3 is 10.6 Å². The van der Waals surface area contributed by atoms with Gasteiger partial charge in [-0.3, -0.25) is 14.5 Å². The average molecular weight is 398 g/mol. The van der Waals surface area contributed by atoms with Crippen LogP contribution in [0, 0.1) is 20.8 Å². The molecule has 1 fully saturated rings. The Labute approximate surface area is 167 Å². The highest BCUT2D eigenvalue weighted by molar-refractivity contribution is 7.10. The number of thiophene rings is 1. The van der Waals surface area contributed by atoms with Crippen molar-refractivity contribution >= 4 is 34.9 Å². The Morgan fingerprint density at radius 3 is 2.68 bits per heavy atom. The van der Waals surface area contributed by atoms with Gasteiger partial charge in [-0.25, -0.2) is 4.79 Å². The zero-order valence-electron chi connectivity index (χ0n) is 16.2. The Morgan fingerprint density at radius 2 is 1.96 bits per heavy atom. The van der Waals surface area contributed by atoms with Crippen molar-refractivity contribution in [3.05, 3.63) is 50.7 Å². The molecule has 1 atom stereocenters. The predicted molar refractivity (Wildman–Crippen MR) is 108 cm³/mol. The van der Waals surface area contributed by atoms with Crippen LogP contribution >= 0.6 is 11.3 Å². The van der Waals surface area contributed by atoms with Crippen LogP contribution in [-0.4, -0.2) is 29.3 Å². The molecule has 1 spiro atoms. The van der Waals surface area contributed by atoms with Gasteiger partial charge in [-0.2, -0.15) is 0 Å². The Balaban J connectivity index is 1.55. The number of nitrogens with zero attached hydrogens (tertiary/aromatic N) is 1. The quantitative estimate of drug-likeness (QED) is 0.779. The summed E-state index contributed by atoms with van der Waals surface area (Å²) < 4.78 is 0. The van der Waals surface area contributed by atoms with Crippen LogP contribution in [0.5, 0.6) is 0 Å². The van der Waals surface area contributed by atoms with Gasteiger partial charge >= 0.3 is 6.03 Å². The molecule has 1 aromatic carbocycles. The Hall–Kier alpha value is -2.67. The number of nitrogens with one attached hydrogen (secondary N) is 2. The molecule has 0 unspecified atom stereocenters. The highest BCUT2D eigenvalue weighted by atomic mass is 32.1. The van der Waals surface area contributed by atoms with Gasteiger partial charge in [0.05, 0.1) is 0 Å². The zero-order valence-corrected chi connectivity index (χ0v) is 17.0. The molecular weight excluding hydrogens is 374 g/mol. The first-order valence-corrected chi connectivity index (χ1v) is 10.3. The summed E-state index contributed by atoms with van der Waals surface area (Å²) in [5, 5.41) is 7.70. The Kier molecular flexibility index (Phi) is 4.50. The van der Waals surface area contributed by atoms with Crippen molar-refractivity contribution in [1.82, 2.24) is 10.2 Å². The minimum atomic E-state index is -1.01. The number of carbonyl (C=O) groups excluding carboxylic acids is 3. The molecule has 6 nitrogen and oxygen atoms in total. The molecule has 28 heavy (non-hydrogen) atoms. The van der Waals surface area contributed by atoms with Crippen LogP contribution in [0.1, 0.15) is 40.0 Å². The molecule has 2 aliphatic rings. The Morgan fingerprint density at radius 1 is 1.25 bits per heavy atom. The predicted octanol–water partition coefficient (Wildman–Crippen LogP) is 3.40. The van der Waals surface area contributed by atoms with Crippen LogP contribution in [0.3, 0.4) is 0 Å². The molecular formula is C21H23N3O3S. The Bertz CT molecular complexity index is 974. The van der Waals surface area contributed by atoms with E-state index in [-0.39, 0.29) is 18.4 Å². The number of aryl methyl sites for hydroxylation is 4. The van der Waals surface area contributed by atoms with E-state index >= 15 is 0 Å². The van der Waals surface area contributed by atoms with Crippen LogP contribution in [0.2, 0.25) is 0 Å². The molecule has 1 aromatic heterocycles. The summed E-state index contributed by atoms with van der Waals surface area (Å²) in [6.45, 7) is 5.57. The van der Waals surface area contributed by atoms with Crippen molar-refractivity contribution in [2.75, 3.05) is 11.9 Å².